The van der Waals surface area contributed by atoms with Crippen molar-refractivity contribution in [2.24, 2.45) is 4.99 Å². The monoisotopic (exact) mass is 384 g/mol. The van der Waals surface area contributed by atoms with Gasteiger partial charge in [0.15, 0.2) is 5.96 Å². The van der Waals surface area contributed by atoms with E-state index in [2.05, 4.69) is 69.4 Å². The van der Waals surface area contributed by atoms with Gasteiger partial charge in [-0.2, -0.15) is 0 Å². The SMILES string of the molecule is CN=C(NCc1ccc(N(C)C)cc1C)N1CCN(Cc2cc(C)on2)CC1. The number of aryl methyl sites for hydroxylation is 2. The molecule has 1 fully saturated rings. The lowest BCUT2D eigenvalue weighted by atomic mass is 10.1. The summed E-state index contributed by atoms with van der Waals surface area (Å²) < 4.78 is 5.17. The minimum Gasteiger partial charge on any atom is -0.378 e. The number of anilines is 1. The van der Waals surface area contributed by atoms with Gasteiger partial charge >= 0.3 is 0 Å². The predicted octanol–water partition coefficient (Wildman–Crippen LogP) is 2.25. The summed E-state index contributed by atoms with van der Waals surface area (Å²) in [5.74, 6) is 1.83. The van der Waals surface area contributed by atoms with Gasteiger partial charge in [0, 0.05) is 72.2 Å². The van der Waals surface area contributed by atoms with Crippen LogP contribution in [0.4, 0.5) is 5.69 Å². The van der Waals surface area contributed by atoms with E-state index >= 15 is 0 Å². The molecule has 0 spiro atoms. The molecule has 152 valence electrons. The van der Waals surface area contributed by atoms with Crippen LogP contribution in [0.5, 0.6) is 0 Å². The number of guanidine groups is 1. The van der Waals surface area contributed by atoms with Gasteiger partial charge in [-0.3, -0.25) is 9.89 Å². The Balaban J connectivity index is 1.51. The molecule has 2 aromatic rings. The Morgan fingerprint density at radius 2 is 1.93 bits per heavy atom. The smallest absolute Gasteiger partial charge is 0.194 e. The highest BCUT2D eigenvalue weighted by atomic mass is 16.5. The van der Waals surface area contributed by atoms with Crippen LogP contribution in [-0.2, 0) is 13.1 Å². The lowest BCUT2D eigenvalue weighted by Crippen LogP contribution is -2.52. The van der Waals surface area contributed by atoms with Crippen LogP contribution in [0.2, 0.25) is 0 Å². The van der Waals surface area contributed by atoms with Crippen molar-refractivity contribution in [2.45, 2.75) is 26.9 Å². The summed E-state index contributed by atoms with van der Waals surface area (Å²) in [5.41, 5.74) is 4.82. The maximum Gasteiger partial charge on any atom is 0.194 e. The van der Waals surface area contributed by atoms with Crippen molar-refractivity contribution < 1.29 is 4.52 Å². The predicted molar refractivity (Wildman–Crippen MR) is 114 cm³/mol. The third-order valence-electron chi connectivity index (χ3n) is 5.23. The molecule has 0 amide bonds. The van der Waals surface area contributed by atoms with Crippen molar-refractivity contribution in [3.8, 4) is 0 Å². The molecule has 1 saturated heterocycles. The molecule has 0 radical (unpaired) electrons. The number of aromatic nitrogens is 1. The van der Waals surface area contributed by atoms with E-state index in [1.807, 2.05) is 20.0 Å². The first-order chi connectivity index (χ1) is 13.5. The fraction of sp³-hybridized carbons (Fsp3) is 0.524. The molecule has 0 saturated carbocycles. The van der Waals surface area contributed by atoms with E-state index in [4.69, 9.17) is 4.52 Å². The number of aliphatic imine (C=N–C) groups is 1. The van der Waals surface area contributed by atoms with Crippen LogP contribution in [0.15, 0.2) is 33.8 Å². The molecule has 0 aliphatic carbocycles. The Labute approximate surface area is 168 Å². The van der Waals surface area contributed by atoms with Crippen molar-refractivity contribution in [1.29, 1.82) is 0 Å². The Hall–Kier alpha value is -2.54. The Morgan fingerprint density at radius 3 is 2.50 bits per heavy atom. The number of piperazine rings is 1. The van der Waals surface area contributed by atoms with Crippen LogP contribution in [0.25, 0.3) is 0 Å². The minimum absolute atomic E-state index is 0.782. The van der Waals surface area contributed by atoms with Gasteiger partial charge in [0.05, 0.1) is 5.69 Å². The third kappa shape index (κ3) is 5.04. The number of hydrogen-bond donors (Lipinski definition) is 1. The van der Waals surface area contributed by atoms with Crippen molar-refractivity contribution >= 4 is 11.6 Å². The van der Waals surface area contributed by atoms with Gasteiger partial charge in [-0.25, -0.2) is 0 Å². The normalized spacial score (nSPS) is 15.8. The lowest BCUT2D eigenvalue weighted by molar-refractivity contribution is 0.169. The highest BCUT2D eigenvalue weighted by Crippen LogP contribution is 2.17. The van der Waals surface area contributed by atoms with Crippen LogP contribution in [0.3, 0.4) is 0 Å². The first kappa shape index (κ1) is 20.2. The molecule has 2 heterocycles. The third-order valence-corrected chi connectivity index (χ3v) is 5.23. The van der Waals surface area contributed by atoms with E-state index in [9.17, 15) is 0 Å². The van der Waals surface area contributed by atoms with E-state index in [1.165, 1.54) is 16.8 Å². The molecule has 0 bridgehead atoms. The van der Waals surface area contributed by atoms with E-state index in [0.717, 1.165) is 56.7 Å². The molecule has 1 N–H and O–H groups in total. The van der Waals surface area contributed by atoms with Gasteiger partial charge < -0.3 is 19.6 Å². The molecule has 28 heavy (non-hydrogen) atoms. The van der Waals surface area contributed by atoms with E-state index in [-0.39, 0.29) is 0 Å². The second-order valence-electron chi connectivity index (χ2n) is 7.60. The van der Waals surface area contributed by atoms with Gasteiger partial charge in [0.1, 0.15) is 5.76 Å². The van der Waals surface area contributed by atoms with Crippen molar-refractivity contribution in [3.63, 3.8) is 0 Å². The van der Waals surface area contributed by atoms with E-state index < -0.39 is 0 Å². The maximum absolute atomic E-state index is 5.17. The molecular weight excluding hydrogens is 352 g/mol. The highest BCUT2D eigenvalue weighted by Gasteiger charge is 2.20. The summed E-state index contributed by atoms with van der Waals surface area (Å²) in [7, 11) is 5.99. The van der Waals surface area contributed by atoms with Crippen molar-refractivity contribution in [1.82, 2.24) is 20.3 Å². The summed E-state index contributed by atoms with van der Waals surface area (Å²) in [6.07, 6.45) is 0. The highest BCUT2D eigenvalue weighted by molar-refractivity contribution is 5.80. The molecule has 1 aromatic carbocycles. The molecular formula is C21H32N6O. The molecule has 0 atom stereocenters. The second-order valence-corrected chi connectivity index (χ2v) is 7.60. The number of benzene rings is 1. The van der Waals surface area contributed by atoms with Crippen LogP contribution >= 0.6 is 0 Å². The average molecular weight is 385 g/mol. The average Bonchev–Trinajstić information content (AvgIpc) is 3.09. The van der Waals surface area contributed by atoms with Crippen LogP contribution in [0.1, 0.15) is 22.6 Å². The molecule has 3 rings (SSSR count). The summed E-state index contributed by atoms with van der Waals surface area (Å²) in [6, 6.07) is 8.60. The summed E-state index contributed by atoms with van der Waals surface area (Å²) in [5, 5.41) is 7.63. The molecule has 1 aliphatic heterocycles. The van der Waals surface area contributed by atoms with Crippen molar-refractivity contribution in [3.05, 3.63) is 46.8 Å². The summed E-state index contributed by atoms with van der Waals surface area (Å²) >= 11 is 0. The number of nitrogens with zero attached hydrogens (tertiary/aromatic N) is 5. The van der Waals surface area contributed by atoms with Crippen LogP contribution < -0.4 is 10.2 Å². The van der Waals surface area contributed by atoms with Crippen molar-refractivity contribution in [2.75, 3.05) is 52.2 Å². The fourth-order valence-electron chi connectivity index (χ4n) is 3.50. The van der Waals surface area contributed by atoms with E-state index in [1.54, 1.807) is 0 Å². The lowest BCUT2D eigenvalue weighted by Gasteiger charge is -2.36. The number of hydrogen-bond acceptors (Lipinski definition) is 5. The first-order valence-electron chi connectivity index (χ1n) is 9.83. The van der Waals surface area contributed by atoms with Gasteiger partial charge in [0.2, 0.25) is 0 Å². The number of nitrogens with one attached hydrogen (secondary N) is 1. The molecule has 1 aromatic heterocycles. The fourth-order valence-corrected chi connectivity index (χ4v) is 3.50. The zero-order chi connectivity index (χ0) is 20.1. The Kier molecular flexibility index (Phi) is 6.57. The summed E-state index contributed by atoms with van der Waals surface area (Å²) in [6.45, 7) is 9.60. The zero-order valence-electron chi connectivity index (χ0n) is 17.7. The molecule has 7 nitrogen and oxygen atoms in total. The first-order valence-corrected chi connectivity index (χ1v) is 9.83. The standard InChI is InChI=1S/C21H32N6O/c1-16-12-20(25(4)5)7-6-18(16)14-23-21(22-3)27-10-8-26(9-11-27)15-19-13-17(2)28-24-19/h6-7,12-13H,8-11,14-15H2,1-5H3,(H,22,23). The topological polar surface area (TPSA) is 60.1 Å². The number of rotatable bonds is 5. The minimum atomic E-state index is 0.782. The van der Waals surface area contributed by atoms with Gasteiger partial charge in [-0.1, -0.05) is 11.2 Å². The Morgan fingerprint density at radius 1 is 1.18 bits per heavy atom. The molecule has 1 aliphatic rings. The van der Waals surface area contributed by atoms with Crippen LogP contribution in [-0.4, -0.2) is 68.2 Å². The largest absolute Gasteiger partial charge is 0.378 e. The van der Waals surface area contributed by atoms with E-state index in [0.29, 0.717) is 0 Å². The van der Waals surface area contributed by atoms with Gasteiger partial charge in [-0.15, -0.1) is 0 Å². The quantitative estimate of drug-likeness (QED) is 0.630. The van der Waals surface area contributed by atoms with Gasteiger partial charge in [-0.05, 0) is 37.1 Å². The maximum atomic E-state index is 5.17. The zero-order valence-corrected chi connectivity index (χ0v) is 17.7. The molecule has 0 unspecified atom stereocenters. The van der Waals surface area contributed by atoms with Gasteiger partial charge in [0.25, 0.3) is 0 Å². The van der Waals surface area contributed by atoms with Crippen LogP contribution in [0, 0.1) is 13.8 Å². The summed E-state index contributed by atoms with van der Waals surface area (Å²) in [4.78, 5) is 11.4. The second kappa shape index (κ2) is 9.10. The Bertz CT molecular complexity index is 805. The molecule has 7 heteroatoms.